The van der Waals surface area contributed by atoms with Crippen molar-refractivity contribution in [2.75, 3.05) is 6.54 Å². The molecule has 0 unspecified atom stereocenters. The van der Waals surface area contributed by atoms with Crippen molar-refractivity contribution in [2.24, 2.45) is 5.73 Å². The van der Waals surface area contributed by atoms with Crippen molar-refractivity contribution in [3.63, 3.8) is 0 Å². The number of rotatable bonds is 7. The highest BCUT2D eigenvalue weighted by Crippen LogP contribution is 2.18. The lowest BCUT2D eigenvalue weighted by Gasteiger charge is -2.31. The lowest BCUT2D eigenvalue weighted by atomic mass is 9.92. The second-order valence-corrected chi connectivity index (χ2v) is 5.69. The molecule has 1 rings (SSSR count). The Hall–Kier alpha value is -0.870. The Balaban J connectivity index is 2.54. The average molecular weight is 327 g/mol. The number of carbonyl (C=O) groups excluding carboxylic acids is 1. The number of amides is 1. The third-order valence-corrected chi connectivity index (χ3v) is 4.50. The molecule has 0 aliphatic rings. The van der Waals surface area contributed by atoms with Crippen LogP contribution in [0.2, 0.25) is 0 Å². The quantitative estimate of drug-likeness (QED) is 0.809. The van der Waals surface area contributed by atoms with Crippen molar-refractivity contribution in [1.29, 1.82) is 0 Å². The summed E-state index contributed by atoms with van der Waals surface area (Å²) in [5, 5.41) is 3.09. The fourth-order valence-electron chi connectivity index (χ4n) is 2.07. The zero-order valence-electron chi connectivity index (χ0n) is 11.7. The molecule has 0 saturated carbocycles. The largest absolute Gasteiger partial charge is 0.349 e. The third-order valence-electron chi connectivity index (χ3n) is 3.73. The first-order chi connectivity index (χ1) is 9.06. The van der Waals surface area contributed by atoms with Gasteiger partial charge in [0.1, 0.15) is 0 Å². The van der Waals surface area contributed by atoms with E-state index >= 15 is 0 Å². The standard InChI is InChI=1S/C15H23BrN2O/c1-3-15(4-2,11-17)18-14(19)10-9-12-7-5-6-8-13(12)16/h5-8H,3-4,9-11,17H2,1-2H3,(H,18,19). The van der Waals surface area contributed by atoms with Crippen LogP contribution in [0.3, 0.4) is 0 Å². The van der Waals surface area contributed by atoms with Gasteiger partial charge in [-0.05, 0) is 30.9 Å². The molecule has 19 heavy (non-hydrogen) atoms. The normalized spacial score (nSPS) is 11.4. The molecule has 0 radical (unpaired) electrons. The number of halogens is 1. The van der Waals surface area contributed by atoms with Crippen molar-refractivity contribution in [2.45, 2.75) is 45.1 Å². The predicted molar refractivity (Wildman–Crippen MR) is 83.0 cm³/mol. The first-order valence-corrected chi connectivity index (χ1v) is 7.60. The van der Waals surface area contributed by atoms with Crippen molar-refractivity contribution in [3.8, 4) is 0 Å². The van der Waals surface area contributed by atoms with E-state index in [4.69, 9.17) is 5.73 Å². The van der Waals surface area contributed by atoms with Gasteiger partial charge in [0.25, 0.3) is 0 Å². The summed E-state index contributed by atoms with van der Waals surface area (Å²) in [4.78, 5) is 12.0. The van der Waals surface area contributed by atoms with Gasteiger partial charge in [-0.2, -0.15) is 0 Å². The van der Waals surface area contributed by atoms with E-state index < -0.39 is 0 Å². The zero-order chi connectivity index (χ0) is 14.3. The summed E-state index contributed by atoms with van der Waals surface area (Å²) in [6.07, 6.45) is 2.95. The van der Waals surface area contributed by atoms with Crippen molar-refractivity contribution in [1.82, 2.24) is 5.32 Å². The molecule has 0 aliphatic heterocycles. The summed E-state index contributed by atoms with van der Waals surface area (Å²) in [6, 6.07) is 7.99. The Labute approximate surface area is 124 Å². The molecule has 0 fully saturated rings. The first kappa shape index (κ1) is 16.2. The van der Waals surface area contributed by atoms with Crippen LogP contribution in [0.1, 0.15) is 38.7 Å². The molecule has 3 N–H and O–H groups in total. The number of hydrogen-bond donors (Lipinski definition) is 2. The van der Waals surface area contributed by atoms with E-state index in [1.54, 1.807) is 0 Å². The van der Waals surface area contributed by atoms with Gasteiger partial charge in [-0.1, -0.05) is 48.0 Å². The number of benzene rings is 1. The topological polar surface area (TPSA) is 55.1 Å². The van der Waals surface area contributed by atoms with Gasteiger partial charge >= 0.3 is 0 Å². The molecular formula is C15H23BrN2O. The molecule has 1 aromatic carbocycles. The molecule has 0 atom stereocenters. The Morgan fingerprint density at radius 3 is 2.47 bits per heavy atom. The molecule has 0 saturated heterocycles. The smallest absolute Gasteiger partial charge is 0.220 e. The molecule has 0 bridgehead atoms. The zero-order valence-corrected chi connectivity index (χ0v) is 13.3. The Kier molecular flexibility index (Phi) is 6.52. The van der Waals surface area contributed by atoms with Gasteiger partial charge in [-0.3, -0.25) is 4.79 Å². The van der Waals surface area contributed by atoms with Crippen molar-refractivity contribution >= 4 is 21.8 Å². The summed E-state index contributed by atoms with van der Waals surface area (Å²) < 4.78 is 1.05. The molecule has 3 nitrogen and oxygen atoms in total. The van der Waals surface area contributed by atoms with Crippen LogP contribution >= 0.6 is 15.9 Å². The van der Waals surface area contributed by atoms with E-state index in [1.807, 2.05) is 24.3 Å². The van der Waals surface area contributed by atoms with Gasteiger partial charge in [0, 0.05) is 17.4 Å². The molecule has 0 aromatic heterocycles. The minimum absolute atomic E-state index is 0.0740. The molecule has 1 amide bonds. The Morgan fingerprint density at radius 1 is 1.32 bits per heavy atom. The maximum absolute atomic E-state index is 12.0. The van der Waals surface area contributed by atoms with Gasteiger partial charge in [0.2, 0.25) is 5.91 Å². The highest BCUT2D eigenvalue weighted by atomic mass is 79.9. The number of nitrogens with two attached hydrogens (primary N) is 1. The van der Waals surface area contributed by atoms with Crippen LogP contribution in [0.25, 0.3) is 0 Å². The van der Waals surface area contributed by atoms with Gasteiger partial charge in [-0.25, -0.2) is 0 Å². The number of hydrogen-bond acceptors (Lipinski definition) is 2. The maximum Gasteiger partial charge on any atom is 0.220 e. The number of carbonyl (C=O) groups is 1. The first-order valence-electron chi connectivity index (χ1n) is 6.81. The highest BCUT2D eigenvalue weighted by Gasteiger charge is 2.25. The molecule has 0 aliphatic carbocycles. The van der Waals surface area contributed by atoms with Crippen LogP contribution in [-0.4, -0.2) is 18.0 Å². The lowest BCUT2D eigenvalue weighted by Crippen LogP contribution is -2.52. The minimum Gasteiger partial charge on any atom is -0.349 e. The summed E-state index contributed by atoms with van der Waals surface area (Å²) in [5.74, 6) is 0.0740. The van der Waals surface area contributed by atoms with E-state index in [0.29, 0.717) is 13.0 Å². The fraction of sp³-hybridized carbons (Fsp3) is 0.533. The SMILES string of the molecule is CCC(CC)(CN)NC(=O)CCc1ccccc1Br. The summed E-state index contributed by atoms with van der Waals surface area (Å²) >= 11 is 3.50. The Morgan fingerprint density at radius 2 is 1.95 bits per heavy atom. The molecule has 0 heterocycles. The van der Waals surface area contributed by atoms with Crippen LogP contribution in [0, 0.1) is 0 Å². The molecule has 4 heteroatoms. The highest BCUT2D eigenvalue weighted by molar-refractivity contribution is 9.10. The predicted octanol–water partition coefficient (Wildman–Crippen LogP) is 3.02. The summed E-state index contributed by atoms with van der Waals surface area (Å²) in [7, 11) is 0. The second-order valence-electron chi connectivity index (χ2n) is 4.83. The van der Waals surface area contributed by atoms with Gasteiger partial charge in [0.15, 0.2) is 0 Å². The molecule has 1 aromatic rings. The Bertz CT molecular complexity index is 408. The second kappa shape index (κ2) is 7.65. The fourth-order valence-corrected chi connectivity index (χ4v) is 2.56. The summed E-state index contributed by atoms with van der Waals surface area (Å²) in [5.41, 5.74) is 6.70. The summed E-state index contributed by atoms with van der Waals surface area (Å²) in [6.45, 7) is 4.61. The monoisotopic (exact) mass is 326 g/mol. The van der Waals surface area contributed by atoms with Crippen LogP contribution in [-0.2, 0) is 11.2 Å². The lowest BCUT2D eigenvalue weighted by molar-refractivity contribution is -0.123. The van der Waals surface area contributed by atoms with E-state index in [-0.39, 0.29) is 11.4 Å². The van der Waals surface area contributed by atoms with Gasteiger partial charge in [-0.15, -0.1) is 0 Å². The van der Waals surface area contributed by atoms with Crippen LogP contribution < -0.4 is 11.1 Å². The van der Waals surface area contributed by atoms with E-state index in [1.165, 1.54) is 0 Å². The number of nitrogens with one attached hydrogen (secondary N) is 1. The van der Waals surface area contributed by atoms with Crippen molar-refractivity contribution < 1.29 is 4.79 Å². The minimum atomic E-state index is -0.245. The third kappa shape index (κ3) is 4.62. The van der Waals surface area contributed by atoms with Crippen molar-refractivity contribution in [3.05, 3.63) is 34.3 Å². The average Bonchev–Trinajstić information content (AvgIpc) is 2.44. The number of aryl methyl sites for hydroxylation is 1. The van der Waals surface area contributed by atoms with E-state index in [9.17, 15) is 4.79 Å². The van der Waals surface area contributed by atoms with Gasteiger partial charge < -0.3 is 11.1 Å². The van der Waals surface area contributed by atoms with Gasteiger partial charge in [0.05, 0.1) is 5.54 Å². The molecular weight excluding hydrogens is 304 g/mol. The van der Waals surface area contributed by atoms with Crippen LogP contribution in [0.5, 0.6) is 0 Å². The van der Waals surface area contributed by atoms with Crippen LogP contribution in [0.4, 0.5) is 0 Å². The molecule has 106 valence electrons. The van der Waals surface area contributed by atoms with E-state index in [2.05, 4.69) is 35.1 Å². The van der Waals surface area contributed by atoms with Crippen LogP contribution in [0.15, 0.2) is 28.7 Å². The molecule has 0 spiro atoms. The van der Waals surface area contributed by atoms with E-state index in [0.717, 1.165) is 29.3 Å². The maximum atomic E-state index is 12.0.